The predicted octanol–water partition coefficient (Wildman–Crippen LogP) is 3.77. The van der Waals surface area contributed by atoms with Crippen molar-refractivity contribution < 1.29 is 23.9 Å². The predicted molar refractivity (Wildman–Crippen MR) is 124 cm³/mol. The molecule has 2 heterocycles. The lowest BCUT2D eigenvalue weighted by atomic mass is 9.64. The highest BCUT2D eigenvalue weighted by Gasteiger charge is 2.62. The van der Waals surface area contributed by atoms with Gasteiger partial charge in [-0.05, 0) is 23.6 Å². The first-order valence-corrected chi connectivity index (χ1v) is 10.9. The number of nitrogens with two attached hydrogens (primary N) is 1. The van der Waals surface area contributed by atoms with Crippen LogP contribution in [-0.2, 0) is 24.5 Å². The molecule has 162 valence electrons. The monoisotopic (exact) mass is 502 g/mol. The first-order valence-electron chi connectivity index (χ1n) is 10.1. The van der Waals surface area contributed by atoms with E-state index in [1.54, 1.807) is 30.3 Å². The summed E-state index contributed by atoms with van der Waals surface area (Å²) in [5.74, 6) is -1.96. The smallest absolute Gasteiger partial charge is 0.340 e. The average Bonchev–Trinajstić information content (AvgIpc) is 3.08. The molecular weight excluding hydrogens is 488 g/mol. The van der Waals surface area contributed by atoms with Gasteiger partial charge in [-0.15, -0.1) is 0 Å². The van der Waals surface area contributed by atoms with Gasteiger partial charge in [0.1, 0.15) is 16.7 Å². The van der Waals surface area contributed by atoms with E-state index in [0.29, 0.717) is 32.2 Å². The van der Waals surface area contributed by atoms with Crippen molar-refractivity contribution in [3.8, 4) is 0 Å². The van der Waals surface area contributed by atoms with Gasteiger partial charge in [0.05, 0.1) is 12.7 Å². The van der Waals surface area contributed by atoms with Crippen LogP contribution in [0.1, 0.15) is 21.5 Å². The summed E-state index contributed by atoms with van der Waals surface area (Å²) in [7, 11) is 1.19. The molecule has 0 bridgehead atoms. The van der Waals surface area contributed by atoms with Gasteiger partial charge >= 0.3 is 5.97 Å². The van der Waals surface area contributed by atoms with Crippen molar-refractivity contribution in [2.75, 3.05) is 12.4 Å². The summed E-state index contributed by atoms with van der Waals surface area (Å²) in [6, 6.07) is 16.1. The number of hydrogen-bond donors (Lipinski definition) is 2. The van der Waals surface area contributed by atoms with Crippen LogP contribution in [0.4, 0.5) is 5.69 Å². The van der Waals surface area contributed by atoms with Gasteiger partial charge < -0.3 is 20.5 Å². The number of rotatable bonds is 1. The fraction of sp³-hybridized carbons (Fsp3) is 0.0800. The number of nitrogens with one attached hydrogen (secondary N) is 1. The van der Waals surface area contributed by atoms with Crippen LogP contribution in [0.2, 0.25) is 0 Å². The summed E-state index contributed by atoms with van der Waals surface area (Å²) in [5.41, 5.74) is 6.20. The Hall–Kier alpha value is -3.91. The van der Waals surface area contributed by atoms with Crippen LogP contribution in [0.3, 0.4) is 0 Å². The van der Waals surface area contributed by atoms with Crippen LogP contribution >= 0.6 is 15.9 Å². The maximum absolute atomic E-state index is 14.1. The van der Waals surface area contributed by atoms with E-state index in [1.807, 2.05) is 24.3 Å². The Morgan fingerprint density at radius 2 is 1.82 bits per heavy atom. The molecule has 6 rings (SSSR count). The number of halogens is 1. The third-order valence-corrected chi connectivity index (χ3v) is 6.91. The molecule has 7 nitrogen and oxygen atoms in total. The second-order valence-electron chi connectivity index (χ2n) is 7.97. The minimum absolute atomic E-state index is 0.0395. The van der Waals surface area contributed by atoms with E-state index in [-0.39, 0.29) is 22.8 Å². The number of ether oxygens (including phenoxy) is 2. The van der Waals surface area contributed by atoms with E-state index < -0.39 is 23.1 Å². The lowest BCUT2D eigenvalue weighted by molar-refractivity contribution is -0.138. The molecular formula is C25H15BrN2O5. The molecule has 3 aromatic rings. The highest BCUT2D eigenvalue weighted by molar-refractivity contribution is 9.10. The summed E-state index contributed by atoms with van der Waals surface area (Å²) >= 11 is 3.44. The van der Waals surface area contributed by atoms with E-state index in [9.17, 15) is 14.4 Å². The molecule has 0 saturated heterocycles. The van der Waals surface area contributed by atoms with Crippen molar-refractivity contribution in [2.45, 2.75) is 5.41 Å². The van der Waals surface area contributed by atoms with Gasteiger partial charge in [-0.25, -0.2) is 4.79 Å². The Bertz CT molecular complexity index is 1530. The minimum Gasteiger partial charge on any atom is -0.465 e. The van der Waals surface area contributed by atoms with Gasteiger partial charge in [0.15, 0.2) is 5.78 Å². The molecule has 0 radical (unpaired) electrons. The van der Waals surface area contributed by atoms with Crippen molar-refractivity contribution in [1.29, 1.82) is 0 Å². The van der Waals surface area contributed by atoms with Crippen LogP contribution in [0.25, 0.3) is 16.5 Å². The van der Waals surface area contributed by atoms with Crippen molar-refractivity contribution in [3.63, 3.8) is 0 Å². The standard InChI is InChI=1S/C25H15BrN2O5/c1-32-23(30)19-22(27)33-21-14-7-3-5-11-4-2-6-13(17(11)14)20(29)18(21)25(19)15-10-12(26)8-9-16(15)28-24(25)31/h2-10H,27H2,1H3,(H,28,31). The second-order valence-corrected chi connectivity index (χ2v) is 8.89. The van der Waals surface area contributed by atoms with Gasteiger partial charge in [0, 0.05) is 32.2 Å². The summed E-state index contributed by atoms with van der Waals surface area (Å²) < 4.78 is 11.6. The third-order valence-electron chi connectivity index (χ3n) is 6.42. The van der Waals surface area contributed by atoms with Gasteiger partial charge in [-0.1, -0.05) is 52.3 Å². The first kappa shape index (κ1) is 19.8. The lowest BCUT2D eigenvalue weighted by Crippen LogP contribution is -2.48. The molecule has 0 aromatic heterocycles. The van der Waals surface area contributed by atoms with Gasteiger partial charge in [0.25, 0.3) is 0 Å². The van der Waals surface area contributed by atoms with Gasteiger partial charge in [-0.2, -0.15) is 0 Å². The Morgan fingerprint density at radius 1 is 1.09 bits per heavy atom. The molecule has 1 aliphatic carbocycles. The minimum atomic E-state index is -1.84. The quantitative estimate of drug-likeness (QED) is 0.490. The highest BCUT2D eigenvalue weighted by atomic mass is 79.9. The van der Waals surface area contributed by atoms with Crippen LogP contribution < -0.4 is 11.1 Å². The molecule has 0 fully saturated rings. The van der Waals surface area contributed by atoms with E-state index in [4.69, 9.17) is 15.2 Å². The Balaban J connectivity index is 1.80. The zero-order valence-corrected chi connectivity index (χ0v) is 18.8. The molecule has 2 aliphatic heterocycles. The molecule has 8 heteroatoms. The number of Topliss-reactive ketones (excluding diaryl/α,β-unsaturated/α-hetero) is 1. The average molecular weight is 503 g/mol. The normalized spacial score (nSPS) is 20.5. The van der Waals surface area contributed by atoms with Crippen LogP contribution in [-0.4, -0.2) is 24.8 Å². The van der Waals surface area contributed by atoms with Crippen molar-refractivity contribution in [2.24, 2.45) is 5.73 Å². The number of ketones is 1. The van der Waals surface area contributed by atoms with Crippen molar-refractivity contribution >= 4 is 55.8 Å². The number of methoxy groups -OCH3 is 1. The number of esters is 1. The first-order chi connectivity index (χ1) is 15.9. The number of amides is 1. The summed E-state index contributed by atoms with van der Waals surface area (Å²) in [5, 5.41) is 4.38. The molecule has 0 saturated carbocycles. The zero-order valence-electron chi connectivity index (χ0n) is 17.2. The molecule has 1 spiro atoms. The molecule has 3 aromatic carbocycles. The van der Waals surface area contributed by atoms with E-state index >= 15 is 0 Å². The van der Waals surface area contributed by atoms with Crippen LogP contribution in [0.5, 0.6) is 0 Å². The maximum Gasteiger partial charge on any atom is 0.340 e. The molecule has 1 atom stereocenters. The summed E-state index contributed by atoms with van der Waals surface area (Å²) in [6.45, 7) is 0. The molecule has 1 unspecified atom stereocenters. The second kappa shape index (κ2) is 6.55. The van der Waals surface area contributed by atoms with Crippen LogP contribution in [0.15, 0.2) is 76.1 Å². The fourth-order valence-corrected chi connectivity index (χ4v) is 5.50. The fourth-order valence-electron chi connectivity index (χ4n) is 5.14. The largest absolute Gasteiger partial charge is 0.465 e. The molecule has 3 N–H and O–H groups in total. The Kier molecular flexibility index (Phi) is 3.92. The highest BCUT2D eigenvalue weighted by Crippen LogP contribution is 2.56. The number of anilines is 1. The Labute approximate surface area is 196 Å². The summed E-state index contributed by atoms with van der Waals surface area (Å²) in [4.78, 5) is 40.9. The lowest BCUT2D eigenvalue weighted by Gasteiger charge is -2.38. The number of fused-ring (bicyclic) bond motifs is 4. The SMILES string of the molecule is COC(=O)C1=C(N)OC2=C(C(=O)c3cccc4cccc2c34)C12C(=O)Nc1ccc(Br)cc12. The molecule has 33 heavy (non-hydrogen) atoms. The topological polar surface area (TPSA) is 108 Å². The number of hydrogen-bond acceptors (Lipinski definition) is 6. The van der Waals surface area contributed by atoms with E-state index in [0.717, 1.165) is 5.39 Å². The van der Waals surface area contributed by atoms with Crippen molar-refractivity contribution in [1.82, 2.24) is 0 Å². The number of benzene rings is 3. The maximum atomic E-state index is 14.1. The van der Waals surface area contributed by atoms with E-state index in [1.165, 1.54) is 7.11 Å². The zero-order chi connectivity index (χ0) is 23.1. The van der Waals surface area contributed by atoms with Gasteiger partial charge in [0.2, 0.25) is 11.8 Å². The molecule has 3 aliphatic rings. The number of carbonyl (C=O) groups excluding carboxylic acids is 3. The third kappa shape index (κ3) is 2.30. The van der Waals surface area contributed by atoms with Crippen molar-refractivity contribution in [3.05, 3.63) is 92.8 Å². The number of carbonyl (C=O) groups is 3. The summed E-state index contributed by atoms with van der Waals surface area (Å²) in [6.07, 6.45) is 0. The van der Waals surface area contributed by atoms with Gasteiger partial charge in [-0.3, -0.25) is 9.59 Å². The molecule has 1 amide bonds. The van der Waals surface area contributed by atoms with Crippen LogP contribution in [0, 0.1) is 0 Å². The van der Waals surface area contributed by atoms with E-state index in [2.05, 4.69) is 21.2 Å². The Morgan fingerprint density at radius 3 is 2.55 bits per heavy atom.